The average molecular weight is 444 g/mol. The Bertz CT molecular complexity index is 1020. The molecule has 29 heavy (non-hydrogen) atoms. The van der Waals surface area contributed by atoms with Crippen LogP contribution in [-0.4, -0.2) is 73.8 Å². The molecule has 1 atom stereocenters. The van der Waals surface area contributed by atoms with Crippen molar-refractivity contribution in [3.8, 4) is 0 Å². The fourth-order valence-electron chi connectivity index (χ4n) is 3.25. The Kier molecular flexibility index (Phi) is 5.73. The third-order valence-corrected chi connectivity index (χ3v) is 9.37. The number of nitrogens with one attached hydrogen (secondary N) is 2. The van der Waals surface area contributed by atoms with Crippen molar-refractivity contribution < 1.29 is 21.6 Å². The van der Waals surface area contributed by atoms with Gasteiger partial charge in [-0.15, -0.1) is 5.12 Å². The van der Waals surface area contributed by atoms with E-state index in [0.717, 1.165) is 16.1 Å². The van der Waals surface area contributed by atoms with Gasteiger partial charge in [-0.2, -0.15) is 5.10 Å². The van der Waals surface area contributed by atoms with Crippen molar-refractivity contribution in [2.45, 2.75) is 30.3 Å². The van der Waals surface area contributed by atoms with E-state index in [0.29, 0.717) is 5.71 Å². The summed E-state index contributed by atoms with van der Waals surface area (Å²) in [7, 11) is -7.43. The molecule has 1 aromatic carbocycles. The molecule has 2 aliphatic heterocycles. The summed E-state index contributed by atoms with van der Waals surface area (Å²) in [5.41, 5.74) is 6.80. The molecule has 10 nitrogen and oxygen atoms in total. The first-order valence-electron chi connectivity index (χ1n) is 9.08. The van der Waals surface area contributed by atoms with Crippen molar-refractivity contribution in [1.29, 1.82) is 0 Å². The van der Waals surface area contributed by atoms with Crippen LogP contribution < -0.4 is 11.0 Å². The summed E-state index contributed by atoms with van der Waals surface area (Å²) in [5, 5.41) is 4.54. The lowest BCUT2D eigenvalue weighted by molar-refractivity contribution is -0.128. The van der Waals surface area contributed by atoms with Crippen molar-refractivity contribution in [2.24, 2.45) is 5.10 Å². The van der Waals surface area contributed by atoms with Crippen LogP contribution in [0.3, 0.4) is 0 Å². The van der Waals surface area contributed by atoms with Crippen LogP contribution in [-0.2, 0) is 24.7 Å². The van der Waals surface area contributed by atoms with Gasteiger partial charge in [0.25, 0.3) is 5.91 Å². The van der Waals surface area contributed by atoms with Gasteiger partial charge < -0.3 is 0 Å². The Morgan fingerprint density at radius 1 is 1.21 bits per heavy atom. The molecule has 0 aromatic heterocycles. The van der Waals surface area contributed by atoms with Gasteiger partial charge >= 0.3 is 0 Å². The highest BCUT2D eigenvalue weighted by Gasteiger charge is 2.49. The minimum absolute atomic E-state index is 0.127. The van der Waals surface area contributed by atoms with Gasteiger partial charge in [0.15, 0.2) is 9.84 Å². The molecule has 1 amide bonds. The number of sulfone groups is 1. The van der Waals surface area contributed by atoms with E-state index in [1.54, 1.807) is 0 Å². The highest BCUT2D eigenvalue weighted by molar-refractivity contribution is 7.94. The summed E-state index contributed by atoms with van der Waals surface area (Å²) < 4.78 is 48.9. The van der Waals surface area contributed by atoms with Crippen LogP contribution in [0, 0.1) is 0 Å². The van der Waals surface area contributed by atoms with Crippen molar-refractivity contribution in [2.75, 3.05) is 25.9 Å². The minimum atomic E-state index is -3.95. The monoisotopic (exact) mass is 443 g/mol. The van der Waals surface area contributed by atoms with E-state index < -0.39 is 35.8 Å². The van der Waals surface area contributed by atoms with Crippen molar-refractivity contribution in [3.63, 3.8) is 0 Å². The molecule has 0 bridgehead atoms. The molecule has 1 fully saturated rings. The first kappa shape index (κ1) is 21.7. The van der Waals surface area contributed by atoms with Gasteiger partial charge in [0, 0.05) is 13.1 Å². The minimum Gasteiger partial charge on any atom is -0.272 e. The van der Waals surface area contributed by atoms with Gasteiger partial charge in [0.05, 0.1) is 23.8 Å². The predicted molar refractivity (Wildman–Crippen MR) is 109 cm³/mol. The Morgan fingerprint density at radius 3 is 2.45 bits per heavy atom. The molecule has 1 saturated heterocycles. The van der Waals surface area contributed by atoms with E-state index in [9.17, 15) is 21.6 Å². The van der Waals surface area contributed by atoms with Crippen LogP contribution >= 0.6 is 0 Å². The van der Waals surface area contributed by atoms with E-state index in [1.165, 1.54) is 19.0 Å². The average Bonchev–Trinajstić information content (AvgIpc) is 3.32. The van der Waals surface area contributed by atoms with E-state index in [2.05, 4.69) is 16.1 Å². The summed E-state index contributed by atoms with van der Waals surface area (Å²) in [6.45, 7) is 2.91. The molecule has 2 aliphatic rings. The molecule has 1 aromatic rings. The molecule has 0 saturated carbocycles. The Labute approximate surface area is 170 Å². The lowest BCUT2D eigenvalue weighted by Gasteiger charge is -2.29. The quantitative estimate of drug-likeness (QED) is 0.605. The second-order valence-corrected chi connectivity index (χ2v) is 12.4. The normalized spacial score (nSPS) is 21.6. The smallest absolute Gasteiger partial charge is 0.256 e. The van der Waals surface area contributed by atoms with Crippen LogP contribution in [0.25, 0.3) is 0 Å². The fraction of sp³-hybridized carbons (Fsp3) is 0.529. The first-order chi connectivity index (χ1) is 13.4. The molecular weight excluding hydrogens is 418 g/mol. The second kappa shape index (κ2) is 7.67. The summed E-state index contributed by atoms with van der Waals surface area (Å²) in [6, 6.07) is 9.39. The maximum absolute atomic E-state index is 13.1. The van der Waals surface area contributed by atoms with Crippen molar-refractivity contribution >= 4 is 31.5 Å². The predicted octanol–water partition coefficient (Wildman–Crippen LogP) is -0.531. The molecule has 1 unspecified atom stereocenters. The Balaban J connectivity index is 1.66. The summed E-state index contributed by atoms with van der Waals surface area (Å²) in [6.07, 6.45) is 1.21. The summed E-state index contributed by atoms with van der Waals surface area (Å²) in [4.78, 5) is 12.8. The second-order valence-electron chi connectivity index (χ2n) is 7.64. The molecule has 0 aliphatic carbocycles. The summed E-state index contributed by atoms with van der Waals surface area (Å²) >= 11 is 0. The number of hydrogen-bond acceptors (Lipinski definition) is 8. The highest BCUT2D eigenvalue weighted by atomic mass is 32.2. The van der Waals surface area contributed by atoms with Gasteiger partial charge in [-0.25, -0.2) is 26.7 Å². The van der Waals surface area contributed by atoms with Gasteiger partial charge in [-0.3, -0.25) is 10.2 Å². The standard InChI is InChI=1S/C17H25N5O5S2/c1-17(2,29(26,27)14-9-10-21(11-14)28(3,24)25)16(23)19-22-12-15(18-20-22)13-7-5-4-6-8-13/h4-8,14,20H,9-12H2,1-3H3,(H,19,23). The Morgan fingerprint density at radius 2 is 1.86 bits per heavy atom. The fourth-order valence-corrected chi connectivity index (χ4v) is 6.16. The molecule has 0 spiro atoms. The third kappa shape index (κ3) is 4.29. The van der Waals surface area contributed by atoms with Gasteiger partial charge in [0.1, 0.15) is 4.75 Å². The number of rotatable bonds is 6. The van der Waals surface area contributed by atoms with Crippen molar-refractivity contribution in [1.82, 2.24) is 20.4 Å². The molecule has 2 N–H and O–H groups in total. The number of hydrazone groups is 1. The summed E-state index contributed by atoms with van der Waals surface area (Å²) in [5.74, 6) is -0.715. The molecular formula is C17H25N5O5S2. The first-order valence-corrected chi connectivity index (χ1v) is 12.5. The lowest BCUT2D eigenvalue weighted by Crippen LogP contribution is -2.58. The molecule has 12 heteroatoms. The van der Waals surface area contributed by atoms with Gasteiger partial charge in [-0.05, 0) is 25.8 Å². The van der Waals surface area contributed by atoms with Crippen LogP contribution in [0.4, 0.5) is 0 Å². The SMILES string of the molecule is CC(C)(C(=O)NN1CC(c2ccccc2)=NN1)S(=O)(=O)C1CCN(S(C)(=O)=O)C1. The zero-order valence-corrected chi connectivity index (χ0v) is 18.1. The molecule has 160 valence electrons. The number of carbonyl (C=O) groups excluding carboxylic acids is 1. The maximum Gasteiger partial charge on any atom is 0.256 e. The maximum atomic E-state index is 13.1. The third-order valence-electron chi connectivity index (χ3n) is 5.23. The van der Waals surface area contributed by atoms with E-state index in [1.807, 2.05) is 30.3 Å². The van der Waals surface area contributed by atoms with Crippen LogP contribution in [0.2, 0.25) is 0 Å². The number of benzene rings is 1. The molecule has 2 heterocycles. The topological polar surface area (TPSA) is 128 Å². The number of hydrogen-bond donors (Lipinski definition) is 2. The number of amides is 1. The van der Waals surface area contributed by atoms with Gasteiger partial charge in [-0.1, -0.05) is 30.3 Å². The molecule has 3 rings (SSSR count). The number of sulfonamides is 1. The zero-order chi connectivity index (χ0) is 21.4. The largest absolute Gasteiger partial charge is 0.272 e. The van der Waals surface area contributed by atoms with Crippen LogP contribution in [0.5, 0.6) is 0 Å². The van der Waals surface area contributed by atoms with Crippen LogP contribution in [0.15, 0.2) is 35.4 Å². The number of hydrazine groups is 2. The lowest BCUT2D eigenvalue weighted by atomic mass is 10.1. The highest BCUT2D eigenvalue weighted by Crippen LogP contribution is 2.29. The zero-order valence-electron chi connectivity index (χ0n) is 16.5. The molecule has 0 radical (unpaired) electrons. The van der Waals surface area contributed by atoms with Crippen LogP contribution in [0.1, 0.15) is 25.8 Å². The Hall–Kier alpha value is -2.02. The van der Waals surface area contributed by atoms with E-state index >= 15 is 0 Å². The van der Waals surface area contributed by atoms with Crippen molar-refractivity contribution in [3.05, 3.63) is 35.9 Å². The van der Waals surface area contributed by atoms with E-state index in [-0.39, 0.29) is 26.1 Å². The van der Waals surface area contributed by atoms with E-state index in [4.69, 9.17) is 0 Å². The number of nitrogens with zero attached hydrogens (tertiary/aromatic N) is 3. The van der Waals surface area contributed by atoms with Gasteiger partial charge in [0.2, 0.25) is 10.0 Å². The number of carbonyl (C=O) groups is 1.